The van der Waals surface area contributed by atoms with Crippen molar-refractivity contribution in [3.63, 3.8) is 0 Å². The van der Waals surface area contributed by atoms with E-state index in [4.69, 9.17) is 4.74 Å². The Labute approximate surface area is 116 Å². The first-order chi connectivity index (χ1) is 9.00. The van der Waals surface area contributed by atoms with Crippen molar-refractivity contribution in [1.29, 1.82) is 0 Å². The zero-order chi connectivity index (χ0) is 14.3. The van der Waals surface area contributed by atoms with Gasteiger partial charge in [0.05, 0.1) is 12.4 Å². The van der Waals surface area contributed by atoms with Crippen molar-refractivity contribution in [3.8, 4) is 5.75 Å². The molecule has 0 heterocycles. The highest BCUT2D eigenvalue weighted by Gasteiger charge is 2.12. The van der Waals surface area contributed by atoms with Crippen LogP contribution < -0.4 is 10.1 Å². The van der Waals surface area contributed by atoms with Crippen molar-refractivity contribution in [2.75, 3.05) is 24.7 Å². The van der Waals surface area contributed by atoms with Crippen LogP contribution in [0.15, 0.2) is 24.3 Å². The van der Waals surface area contributed by atoms with Crippen molar-refractivity contribution in [2.45, 2.75) is 26.8 Å². The molecule has 5 heteroatoms. The van der Waals surface area contributed by atoms with Crippen molar-refractivity contribution < 1.29 is 13.2 Å². The van der Waals surface area contributed by atoms with Crippen molar-refractivity contribution in [1.82, 2.24) is 5.32 Å². The molecular weight excluding hydrogens is 262 g/mol. The Kier molecular flexibility index (Phi) is 6.31. The Morgan fingerprint density at radius 3 is 2.58 bits per heavy atom. The Balaban J connectivity index is 2.61. The molecule has 0 aliphatic rings. The van der Waals surface area contributed by atoms with Gasteiger partial charge in [0.25, 0.3) is 0 Å². The summed E-state index contributed by atoms with van der Waals surface area (Å²) in [4.78, 5) is 0. The van der Waals surface area contributed by atoms with Gasteiger partial charge in [-0.05, 0) is 19.9 Å². The van der Waals surface area contributed by atoms with Crippen molar-refractivity contribution in [3.05, 3.63) is 29.8 Å². The molecule has 1 aromatic rings. The third-order valence-corrected chi connectivity index (χ3v) is 4.69. The summed E-state index contributed by atoms with van der Waals surface area (Å²) < 4.78 is 28.4. The van der Waals surface area contributed by atoms with E-state index in [0.717, 1.165) is 11.3 Å². The van der Waals surface area contributed by atoms with Gasteiger partial charge in [-0.15, -0.1) is 0 Å². The molecule has 1 aromatic carbocycles. The smallest absolute Gasteiger partial charge is 0.151 e. The van der Waals surface area contributed by atoms with Crippen LogP contribution in [0.25, 0.3) is 0 Å². The van der Waals surface area contributed by atoms with E-state index in [1.165, 1.54) is 0 Å². The van der Waals surface area contributed by atoms with Gasteiger partial charge < -0.3 is 10.1 Å². The molecule has 0 radical (unpaired) electrons. The summed E-state index contributed by atoms with van der Waals surface area (Å²) in [6, 6.07) is 7.88. The summed E-state index contributed by atoms with van der Waals surface area (Å²) >= 11 is 0. The Morgan fingerprint density at radius 1 is 1.26 bits per heavy atom. The summed E-state index contributed by atoms with van der Waals surface area (Å²) in [5.74, 6) is 1.21. The molecule has 0 aliphatic heterocycles. The van der Waals surface area contributed by atoms with Gasteiger partial charge in [0.2, 0.25) is 0 Å². The Hall–Kier alpha value is -1.07. The third-order valence-electron chi connectivity index (χ3n) is 2.99. The monoisotopic (exact) mass is 285 g/mol. The fraction of sp³-hybridized carbons (Fsp3) is 0.571. The van der Waals surface area contributed by atoms with E-state index < -0.39 is 9.84 Å². The summed E-state index contributed by atoms with van der Waals surface area (Å²) in [5, 5.41) is 3.23. The van der Waals surface area contributed by atoms with Crippen LogP contribution >= 0.6 is 0 Å². The van der Waals surface area contributed by atoms with Crippen molar-refractivity contribution in [2.24, 2.45) is 0 Å². The molecule has 0 saturated carbocycles. The van der Waals surface area contributed by atoms with E-state index in [9.17, 15) is 8.42 Å². The van der Waals surface area contributed by atoms with E-state index in [-0.39, 0.29) is 17.5 Å². The van der Waals surface area contributed by atoms with Gasteiger partial charge in [-0.1, -0.05) is 25.1 Å². The fourth-order valence-electron chi connectivity index (χ4n) is 1.81. The Morgan fingerprint density at radius 2 is 1.95 bits per heavy atom. The molecule has 1 rings (SSSR count). The molecule has 0 bridgehead atoms. The van der Waals surface area contributed by atoms with Crippen molar-refractivity contribution >= 4 is 9.84 Å². The average molecular weight is 285 g/mol. The molecule has 0 spiro atoms. The standard InChI is InChI=1S/C14H23NO3S/c1-4-18-14-9-7-6-8-13(14)12(3)15-10-11-19(16,17)5-2/h6-9,12,15H,4-5,10-11H2,1-3H3. The van der Waals surface area contributed by atoms with Gasteiger partial charge in [-0.25, -0.2) is 8.42 Å². The number of hydrogen-bond acceptors (Lipinski definition) is 4. The molecule has 0 aromatic heterocycles. The minimum absolute atomic E-state index is 0.0646. The maximum atomic E-state index is 11.4. The minimum Gasteiger partial charge on any atom is -0.494 e. The molecule has 0 amide bonds. The predicted octanol–water partition coefficient (Wildman–Crippen LogP) is 2.17. The molecule has 0 aliphatic carbocycles. The largest absolute Gasteiger partial charge is 0.494 e. The molecule has 108 valence electrons. The van der Waals surface area contributed by atoms with Gasteiger partial charge in [0.15, 0.2) is 9.84 Å². The van der Waals surface area contributed by atoms with E-state index in [2.05, 4.69) is 5.32 Å². The van der Waals surface area contributed by atoms with Crippen LogP contribution in [0.4, 0.5) is 0 Å². The van der Waals surface area contributed by atoms with Crippen LogP contribution in [0.5, 0.6) is 5.75 Å². The number of hydrogen-bond donors (Lipinski definition) is 1. The lowest BCUT2D eigenvalue weighted by atomic mass is 10.1. The van der Waals surface area contributed by atoms with E-state index in [1.54, 1.807) is 6.92 Å². The molecule has 0 saturated heterocycles. The fourth-order valence-corrected chi connectivity index (χ4v) is 2.53. The summed E-state index contributed by atoms with van der Waals surface area (Å²) in [6.45, 7) is 6.70. The number of para-hydroxylation sites is 1. The van der Waals surface area contributed by atoms with E-state index in [1.807, 2.05) is 38.1 Å². The van der Waals surface area contributed by atoms with Crippen LogP contribution in [0.2, 0.25) is 0 Å². The number of rotatable bonds is 8. The summed E-state index contributed by atoms with van der Waals surface area (Å²) in [6.07, 6.45) is 0. The normalized spacial score (nSPS) is 13.2. The SMILES string of the molecule is CCOc1ccccc1C(C)NCCS(=O)(=O)CC. The van der Waals surface area contributed by atoms with Gasteiger partial charge in [0, 0.05) is 23.9 Å². The molecule has 19 heavy (non-hydrogen) atoms. The predicted molar refractivity (Wildman–Crippen MR) is 78.4 cm³/mol. The topological polar surface area (TPSA) is 55.4 Å². The quantitative estimate of drug-likeness (QED) is 0.795. The zero-order valence-electron chi connectivity index (χ0n) is 11.8. The van der Waals surface area contributed by atoms with Gasteiger partial charge in [-0.2, -0.15) is 0 Å². The van der Waals surface area contributed by atoms with Crippen LogP contribution in [-0.2, 0) is 9.84 Å². The first-order valence-electron chi connectivity index (χ1n) is 6.65. The minimum atomic E-state index is -2.91. The average Bonchev–Trinajstić information content (AvgIpc) is 2.39. The lowest BCUT2D eigenvalue weighted by molar-refractivity contribution is 0.332. The highest BCUT2D eigenvalue weighted by Crippen LogP contribution is 2.24. The number of sulfone groups is 1. The molecule has 0 fully saturated rings. The number of ether oxygens (including phenoxy) is 1. The van der Waals surface area contributed by atoms with Crippen LogP contribution in [0.3, 0.4) is 0 Å². The highest BCUT2D eigenvalue weighted by molar-refractivity contribution is 7.91. The van der Waals surface area contributed by atoms with E-state index in [0.29, 0.717) is 13.2 Å². The lowest BCUT2D eigenvalue weighted by Crippen LogP contribution is -2.26. The maximum Gasteiger partial charge on any atom is 0.151 e. The maximum absolute atomic E-state index is 11.4. The van der Waals surface area contributed by atoms with Crippen LogP contribution in [-0.4, -0.2) is 33.1 Å². The van der Waals surface area contributed by atoms with Crippen LogP contribution in [0.1, 0.15) is 32.4 Å². The number of benzene rings is 1. The van der Waals surface area contributed by atoms with E-state index >= 15 is 0 Å². The third kappa shape index (κ3) is 5.20. The lowest BCUT2D eigenvalue weighted by Gasteiger charge is -2.17. The second-order valence-corrected chi connectivity index (χ2v) is 6.86. The zero-order valence-corrected chi connectivity index (χ0v) is 12.7. The molecule has 1 N–H and O–H groups in total. The first-order valence-corrected chi connectivity index (χ1v) is 8.47. The second-order valence-electron chi connectivity index (χ2n) is 4.38. The van der Waals surface area contributed by atoms with Crippen LogP contribution in [0, 0.1) is 0 Å². The molecular formula is C14H23NO3S. The first kappa shape index (κ1) is 16.0. The van der Waals surface area contributed by atoms with Gasteiger partial charge >= 0.3 is 0 Å². The molecule has 4 nitrogen and oxygen atoms in total. The number of nitrogens with one attached hydrogen (secondary N) is 1. The Bertz CT molecular complexity index is 485. The molecule has 1 unspecified atom stereocenters. The summed E-state index contributed by atoms with van der Waals surface area (Å²) in [7, 11) is -2.91. The second kappa shape index (κ2) is 7.50. The highest BCUT2D eigenvalue weighted by atomic mass is 32.2. The van der Waals surface area contributed by atoms with Gasteiger partial charge in [-0.3, -0.25) is 0 Å². The van der Waals surface area contributed by atoms with Gasteiger partial charge in [0.1, 0.15) is 5.75 Å². The summed E-state index contributed by atoms with van der Waals surface area (Å²) in [5.41, 5.74) is 1.05. The molecule has 1 atom stereocenters.